The van der Waals surface area contributed by atoms with E-state index in [4.69, 9.17) is 4.74 Å². The molecule has 0 saturated heterocycles. The minimum absolute atomic E-state index is 0.567. The molecule has 1 aromatic heterocycles. The Morgan fingerprint density at radius 1 is 1.47 bits per heavy atom. The van der Waals surface area contributed by atoms with E-state index in [1.165, 1.54) is 31.4 Å². The van der Waals surface area contributed by atoms with Gasteiger partial charge in [-0.25, -0.2) is 0 Å². The maximum Gasteiger partial charge on any atom is 0.0658 e. The Balaban J connectivity index is 2.19. The molecule has 3 nitrogen and oxygen atoms in total. The first-order valence-corrected chi connectivity index (χ1v) is 7.79. The SMILES string of the molecule is COCCn1ncc(Br)c1C1CCCCC1Br. The molecule has 0 bridgehead atoms. The smallest absolute Gasteiger partial charge is 0.0658 e. The van der Waals surface area contributed by atoms with Crippen LogP contribution in [0.4, 0.5) is 0 Å². The monoisotopic (exact) mass is 364 g/mol. The predicted octanol–water partition coefficient (Wildman–Crippen LogP) is 3.71. The van der Waals surface area contributed by atoms with Crippen LogP contribution in [0.5, 0.6) is 0 Å². The van der Waals surface area contributed by atoms with E-state index in [1.807, 2.05) is 6.20 Å². The Morgan fingerprint density at radius 2 is 2.24 bits per heavy atom. The second-order valence-corrected chi connectivity index (χ2v) is 6.53. The summed E-state index contributed by atoms with van der Waals surface area (Å²) in [5, 5.41) is 4.43. The highest BCUT2D eigenvalue weighted by molar-refractivity contribution is 9.10. The maximum absolute atomic E-state index is 5.14. The van der Waals surface area contributed by atoms with Crippen LogP contribution in [0.25, 0.3) is 0 Å². The van der Waals surface area contributed by atoms with E-state index in [2.05, 4.69) is 41.6 Å². The zero-order valence-electron chi connectivity index (χ0n) is 10.0. The zero-order valence-corrected chi connectivity index (χ0v) is 13.2. The van der Waals surface area contributed by atoms with Crippen molar-refractivity contribution in [3.63, 3.8) is 0 Å². The quantitative estimate of drug-likeness (QED) is 0.760. The summed E-state index contributed by atoms with van der Waals surface area (Å²) in [5.41, 5.74) is 1.32. The van der Waals surface area contributed by atoms with Gasteiger partial charge in [0.2, 0.25) is 0 Å². The molecule has 2 atom stereocenters. The molecular weight excluding hydrogens is 348 g/mol. The zero-order chi connectivity index (χ0) is 12.3. The third kappa shape index (κ3) is 3.12. The first-order valence-electron chi connectivity index (χ1n) is 6.08. The van der Waals surface area contributed by atoms with E-state index in [0.29, 0.717) is 17.4 Å². The third-order valence-corrected chi connectivity index (χ3v) is 5.08. The standard InChI is InChI=1S/C12H18Br2N2O/c1-17-7-6-16-12(11(14)8-15-16)9-4-2-3-5-10(9)13/h8-10H,2-7H2,1H3. The fourth-order valence-electron chi connectivity index (χ4n) is 2.49. The Bertz CT molecular complexity index is 367. The molecule has 0 N–H and O–H groups in total. The van der Waals surface area contributed by atoms with E-state index in [-0.39, 0.29) is 0 Å². The molecule has 1 aliphatic rings. The summed E-state index contributed by atoms with van der Waals surface area (Å²) >= 11 is 7.45. The van der Waals surface area contributed by atoms with Gasteiger partial charge < -0.3 is 4.74 Å². The van der Waals surface area contributed by atoms with Crippen molar-refractivity contribution < 1.29 is 4.74 Å². The molecule has 1 saturated carbocycles. The second-order valence-electron chi connectivity index (χ2n) is 4.50. The Morgan fingerprint density at radius 3 is 2.94 bits per heavy atom. The van der Waals surface area contributed by atoms with Crippen molar-refractivity contribution in [2.45, 2.75) is 43.0 Å². The largest absolute Gasteiger partial charge is 0.383 e. The van der Waals surface area contributed by atoms with Crippen molar-refractivity contribution in [1.29, 1.82) is 0 Å². The number of hydrogen-bond donors (Lipinski definition) is 0. The number of halogens is 2. The van der Waals surface area contributed by atoms with Crippen molar-refractivity contribution >= 4 is 31.9 Å². The number of ether oxygens (including phenoxy) is 1. The van der Waals surface area contributed by atoms with Gasteiger partial charge in [0, 0.05) is 17.9 Å². The minimum atomic E-state index is 0.567. The first kappa shape index (κ1) is 13.6. The summed E-state index contributed by atoms with van der Waals surface area (Å²) in [4.78, 5) is 0.575. The minimum Gasteiger partial charge on any atom is -0.383 e. The topological polar surface area (TPSA) is 27.1 Å². The molecule has 2 rings (SSSR count). The molecule has 0 spiro atoms. The van der Waals surface area contributed by atoms with Crippen LogP contribution in [0.3, 0.4) is 0 Å². The highest BCUT2D eigenvalue weighted by atomic mass is 79.9. The van der Waals surface area contributed by atoms with Crippen LogP contribution < -0.4 is 0 Å². The third-order valence-electron chi connectivity index (χ3n) is 3.37. The van der Waals surface area contributed by atoms with E-state index in [0.717, 1.165) is 11.0 Å². The summed E-state index contributed by atoms with van der Waals surface area (Å²) < 4.78 is 8.35. The van der Waals surface area contributed by atoms with Gasteiger partial charge in [-0.3, -0.25) is 4.68 Å². The summed E-state index contributed by atoms with van der Waals surface area (Å²) in [6.07, 6.45) is 7.05. The average molecular weight is 366 g/mol. The number of methoxy groups -OCH3 is 1. The molecule has 5 heteroatoms. The van der Waals surface area contributed by atoms with E-state index in [9.17, 15) is 0 Å². The Kier molecular flexibility index (Phi) is 5.06. The number of rotatable bonds is 4. The summed E-state index contributed by atoms with van der Waals surface area (Å²) in [6, 6.07) is 0. The summed E-state index contributed by atoms with van der Waals surface area (Å²) in [6.45, 7) is 1.54. The van der Waals surface area contributed by atoms with Crippen molar-refractivity contribution in [2.24, 2.45) is 0 Å². The molecule has 1 fully saturated rings. The van der Waals surface area contributed by atoms with Crippen molar-refractivity contribution in [3.05, 3.63) is 16.4 Å². The van der Waals surface area contributed by atoms with Crippen LogP contribution >= 0.6 is 31.9 Å². The molecule has 1 heterocycles. The molecule has 0 aromatic carbocycles. The number of hydrogen-bond acceptors (Lipinski definition) is 2. The molecule has 0 amide bonds. The van der Waals surface area contributed by atoms with Crippen molar-refractivity contribution in [1.82, 2.24) is 9.78 Å². The molecule has 17 heavy (non-hydrogen) atoms. The van der Waals surface area contributed by atoms with Crippen molar-refractivity contribution in [3.8, 4) is 0 Å². The van der Waals surface area contributed by atoms with Gasteiger partial charge in [-0.15, -0.1) is 0 Å². The highest BCUT2D eigenvalue weighted by Crippen LogP contribution is 2.40. The van der Waals surface area contributed by atoms with Gasteiger partial charge in [-0.2, -0.15) is 5.10 Å². The molecule has 1 aliphatic carbocycles. The number of aromatic nitrogens is 2. The van der Waals surface area contributed by atoms with Crippen LogP contribution in [0.15, 0.2) is 10.7 Å². The van der Waals surface area contributed by atoms with Crippen molar-refractivity contribution in [2.75, 3.05) is 13.7 Å². The highest BCUT2D eigenvalue weighted by Gasteiger charge is 2.28. The maximum atomic E-state index is 5.14. The van der Waals surface area contributed by atoms with Gasteiger partial charge in [0.1, 0.15) is 0 Å². The second kappa shape index (κ2) is 6.34. The van der Waals surface area contributed by atoms with Gasteiger partial charge in [0.15, 0.2) is 0 Å². The van der Waals surface area contributed by atoms with Gasteiger partial charge in [0.05, 0.1) is 29.5 Å². The fourth-order valence-corrected chi connectivity index (χ4v) is 3.92. The predicted molar refractivity (Wildman–Crippen MR) is 75.7 cm³/mol. The van der Waals surface area contributed by atoms with Crippen LogP contribution in [-0.2, 0) is 11.3 Å². The molecule has 2 unspecified atom stereocenters. The van der Waals surface area contributed by atoms with Crippen LogP contribution in [0, 0.1) is 0 Å². The molecule has 0 aliphatic heterocycles. The number of nitrogens with zero attached hydrogens (tertiary/aromatic N) is 2. The Labute approximate surface area is 119 Å². The number of alkyl halides is 1. The van der Waals surface area contributed by atoms with E-state index >= 15 is 0 Å². The lowest BCUT2D eigenvalue weighted by Gasteiger charge is -2.28. The van der Waals surface area contributed by atoms with Gasteiger partial charge in [-0.05, 0) is 28.8 Å². The average Bonchev–Trinajstić information content (AvgIpc) is 2.69. The Hall–Kier alpha value is 0.130. The fraction of sp³-hybridized carbons (Fsp3) is 0.750. The molecule has 96 valence electrons. The van der Waals surface area contributed by atoms with Crippen LogP contribution in [-0.4, -0.2) is 28.3 Å². The lowest BCUT2D eigenvalue weighted by Crippen LogP contribution is -2.22. The van der Waals surface area contributed by atoms with Crippen LogP contribution in [0.2, 0.25) is 0 Å². The summed E-state index contributed by atoms with van der Waals surface area (Å²) in [7, 11) is 1.73. The van der Waals surface area contributed by atoms with E-state index in [1.54, 1.807) is 7.11 Å². The van der Waals surface area contributed by atoms with Gasteiger partial charge >= 0.3 is 0 Å². The molecule has 1 aromatic rings. The van der Waals surface area contributed by atoms with E-state index < -0.39 is 0 Å². The normalized spacial score (nSPS) is 25.1. The first-order chi connectivity index (χ1) is 8.24. The lowest BCUT2D eigenvalue weighted by atomic mass is 9.87. The summed E-state index contributed by atoms with van der Waals surface area (Å²) in [5.74, 6) is 0.567. The van der Waals surface area contributed by atoms with Crippen LogP contribution in [0.1, 0.15) is 37.3 Å². The molecule has 0 radical (unpaired) electrons. The lowest BCUT2D eigenvalue weighted by molar-refractivity contribution is 0.181. The molecular formula is C12H18Br2N2O. The van der Waals surface area contributed by atoms with Gasteiger partial charge in [0.25, 0.3) is 0 Å². The van der Waals surface area contributed by atoms with Gasteiger partial charge in [-0.1, -0.05) is 28.8 Å².